The normalized spacial score (nSPS) is 11.4. The van der Waals surface area contributed by atoms with Gasteiger partial charge in [0.15, 0.2) is 17.2 Å². The molecular weight excluding hydrogens is 723 g/mol. The van der Waals surface area contributed by atoms with Crippen molar-refractivity contribution in [3.05, 3.63) is 200 Å². The van der Waals surface area contributed by atoms with Gasteiger partial charge in [0.25, 0.3) is 0 Å². The molecule has 6 heteroatoms. The second kappa shape index (κ2) is 14.4. The molecule has 0 saturated heterocycles. The molecule has 4 aromatic heterocycles. The molecule has 0 N–H and O–H groups in total. The maximum Gasteiger partial charge on any atom is 0.229 e. The van der Waals surface area contributed by atoms with Gasteiger partial charge in [-0.3, -0.25) is 0 Å². The molecule has 4 heterocycles. The first-order chi connectivity index (χ1) is 29.2. The Hall–Kier alpha value is -8.09. The number of aromatic nitrogens is 5. The van der Waals surface area contributed by atoms with Crippen molar-refractivity contribution >= 4 is 33.0 Å². The maximum atomic E-state index is 6.44. The van der Waals surface area contributed by atoms with Crippen LogP contribution in [0.1, 0.15) is 0 Å². The van der Waals surface area contributed by atoms with Crippen molar-refractivity contribution in [1.82, 2.24) is 24.9 Å². The van der Waals surface area contributed by atoms with Gasteiger partial charge in [-0.1, -0.05) is 176 Å². The monoisotopic (exact) mass is 755 g/mol. The van der Waals surface area contributed by atoms with Crippen LogP contribution in [0.4, 0.5) is 0 Å². The largest absolute Gasteiger partial charge is 0.434 e. The quantitative estimate of drug-likeness (QED) is 0.161. The van der Waals surface area contributed by atoms with E-state index in [1.54, 1.807) is 0 Å². The minimum atomic E-state index is 0.515. The molecule has 11 aromatic rings. The molecule has 0 saturated carbocycles. The van der Waals surface area contributed by atoms with Gasteiger partial charge < -0.3 is 4.42 Å². The Morgan fingerprint density at radius 2 is 0.847 bits per heavy atom. The first kappa shape index (κ1) is 34.2. The SMILES string of the molecule is c1ccc(-c2ccc(-c3cc(-c4ccc(-c5cnc6oc7c(-c8ccccc8)nc(-c8ccc9ccccc9c8)nc7c6c5)cc4)nc(-c4ccccc4)n3)cc2)cc1. The van der Waals surface area contributed by atoms with Crippen LogP contribution in [0.5, 0.6) is 0 Å². The molecule has 276 valence electrons. The summed E-state index contributed by atoms with van der Waals surface area (Å²) in [5.74, 6) is 1.31. The van der Waals surface area contributed by atoms with Crippen molar-refractivity contribution in [3.8, 4) is 78.8 Å². The lowest BCUT2D eigenvalue weighted by atomic mass is 10.0. The van der Waals surface area contributed by atoms with Gasteiger partial charge in [0.2, 0.25) is 5.71 Å². The van der Waals surface area contributed by atoms with Crippen LogP contribution in [-0.2, 0) is 0 Å². The van der Waals surface area contributed by atoms with E-state index in [1.165, 1.54) is 10.9 Å². The Labute approximate surface area is 340 Å². The summed E-state index contributed by atoms with van der Waals surface area (Å²) in [6, 6.07) is 66.5. The number of hydrogen-bond donors (Lipinski definition) is 0. The molecule has 11 rings (SSSR count). The van der Waals surface area contributed by atoms with Crippen LogP contribution in [0.15, 0.2) is 205 Å². The highest BCUT2D eigenvalue weighted by Gasteiger charge is 2.20. The first-order valence-corrected chi connectivity index (χ1v) is 19.6. The highest BCUT2D eigenvalue weighted by atomic mass is 16.3. The van der Waals surface area contributed by atoms with Crippen LogP contribution in [0.2, 0.25) is 0 Å². The minimum Gasteiger partial charge on any atom is -0.434 e. The molecule has 0 amide bonds. The van der Waals surface area contributed by atoms with Gasteiger partial charge >= 0.3 is 0 Å². The fourth-order valence-electron chi connectivity index (χ4n) is 7.69. The van der Waals surface area contributed by atoms with E-state index in [0.717, 1.165) is 77.9 Å². The number of hydrogen-bond acceptors (Lipinski definition) is 6. The number of pyridine rings is 1. The molecular formula is C53H33N5O. The lowest BCUT2D eigenvalue weighted by molar-refractivity contribution is 0.653. The Bertz CT molecular complexity index is 3290. The third-order valence-electron chi connectivity index (χ3n) is 10.8. The van der Waals surface area contributed by atoms with Crippen LogP contribution >= 0.6 is 0 Å². The summed E-state index contributed by atoms with van der Waals surface area (Å²) < 4.78 is 6.44. The van der Waals surface area contributed by atoms with Gasteiger partial charge in [-0.05, 0) is 45.7 Å². The van der Waals surface area contributed by atoms with Gasteiger partial charge in [-0.25, -0.2) is 24.9 Å². The average molecular weight is 756 g/mol. The highest BCUT2D eigenvalue weighted by molar-refractivity contribution is 6.07. The van der Waals surface area contributed by atoms with E-state index in [4.69, 9.17) is 29.3 Å². The van der Waals surface area contributed by atoms with Crippen molar-refractivity contribution in [2.75, 3.05) is 0 Å². The lowest BCUT2D eigenvalue weighted by Crippen LogP contribution is -1.96. The van der Waals surface area contributed by atoms with E-state index < -0.39 is 0 Å². The summed E-state index contributed by atoms with van der Waals surface area (Å²) >= 11 is 0. The van der Waals surface area contributed by atoms with E-state index in [1.807, 2.05) is 79.0 Å². The molecule has 0 aliphatic rings. The van der Waals surface area contributed by atoms with Gasteiger partial charge in [0.1, 0.15) is 11.2 Å². The Kier molecular flexibility index (Phi) is 8.37. The fraction of sp³-hybridized carbons (Fsp3) is 0. The van der Waals surface area contributed by atoms with Crippen molar-refractivity contribution in [2.45, 2.75) is 0 Å². The summed E-state index contributed by atoms with van der Waals surface area (Å²) in [6.45, 7) is 0. The van der Waals surface area contributed by atoms with Gasteiger partial charge in [0.05, 0.1) is 16.8 Å². The van der Waals surface area contributed by atoms with E-state index in [9.17, 15) is 0 Å². The zero-order chi connectivity index (χ0) is 39.1. The van der Waals surface area contributed by atoms with E-state index >= 15 is 0 Å². The zero-order valence-corrected chi connectivity index (χ0v) is 31.7. The summed E-state index contributed by atoms with van der Waals surface area (Å²) in [5.41, 5.74) is 13.4. The zero-order valence-electron chi connectivity index (χ0n) is 31.7. The number of rotatable bonds is 7. The predicted octanol–water partition coefficient (Wildman–Crippen LogP) is 13.4. The third-order valence-corrected chi connectivity index (χ3v) is 10.8. The average Bonchev–Trinajstić information content (AvgIpc) is 3.70. The molecule has 0 aliphatic heterocycles. The maximum absolute atomic E-state index is 6.44. The second-order valence-corrected chi connectivity index (χ2v) is 14.5. The lowest BCUT2D eigenvalue weighted by Gasteiger charge is -2.11. The van der Waals surface area contributed by atoms with Crippen LogP contribution < -0.4 is 0 Å². The fourth-order valence-corrected chi connectivity index (χ4v) is 7.69. The third kappa shape index (κ3) is 6.49. The van der Waals surface area contributed by atoms with E-state index in [2.05, 4.69) is 121 Å². The molecule has 0 fully saturated rings. The number of fused-ring (bicyclic) bond motifs is 4. The van der Waals surface area contributed by atoms with Gasteiger partial charge in [0, 0.05) is 39.6 Å². The van der Waals surface area contributed by atoms with Crippen LogP contribution in [0.3, 0.4) is 0 Å². The molecule has 7 aromatic carbocycles. The molecule has 0 spiro atoms. The molecule has 0 radical (unpaired) electrons. The summed E-state index contributed by atoms with van der Waals surface area (Å²) in [4.78, 5) is 25.2. The molecule has 0 atom stereocenters. The van der Waals surface area contributed by atoms with Crippen molar-refractivity contribution in [3.63, 3.8) is 0 Å². The minimum absolute atomic E-state index is 0.515. The summed E-state index contributed by atoms with van der Waals surface area (Å²) in [6.07, 6.45) is 1.86. The molecule has 0 bridgehead atoms. The smallest absolute Gasteiger partial charge is 0.229 e. The van der Waals surface area contributed by atoms with Crippen LogP contribution in [0, 0.1) is 0 Å². The highest BCUT2D eigenvalue weighted by Crippen LogP contribution is 2.37. The first-order valence-electron chi connectivity index (χ1n) is 19.6. The van der Waals surface area contributed by atoms with Crippen LogP contribution in [-0.4, -0.2) is 24.9 Å². The second-order valence-electron chi connectivity index (χ2n) is 14.5. The van der Waals surface area contributed by atoms with E-state index in [-0.39, 0.29) is 0 Å². The molecule has 0 aliphatic carbocycles. The Balaban J connectivity index is 0.983. The topological polar surface area (TPSA) is 77.6 Å². The molecule has 0 unspecified atom stereocenters. The van der Waals surface area contributed by atoms with Gasteiger partial charge in [-0.15, -0.1) is 0 Å². The number of benzene rings is 7. The van der Waals surface area contributed by atoms with Crippen molar-refractivity contribution in [2.24, 2.45) is 0 Å². The Morgan fingerprint density at radius 1 is 0.339 bits per heavy atom. The standard InChI is InChI=1S/C53H33N5O/c1-4-12-34(13-5-1)36-20-25-38(26-21-36)46-32-47(56-51(55-46)41-17-8-3-9-18-41)39-27-22-37(23-28-39)44-31-45-49-50(59-53(45)54-33-44)48(40-15-6-2-7-16-40)57-52(58-49)43-29-24-35-14-10-11-19-42(35)30-43/h1-33H. The summed E-state index contributed by atoms with van der Waals surface area (Å²) in [5, 5.41) is 3.13. The molecule has 6 nitrogen and oxygen atoms in total. The predicted molar refractivity (Wildman–Crippen MR) is 238 cm³/mol. The number of furan rings is 1. The summed E-state index contributed by atoms with van der Waals surface area (Å²) in [7, 11) is 0. The van der Waals surface area contributed by atoms with Crippen molar-refractivity contribution in [1.29, 1.82) is 0 Å². The van der Waals surface area contributed by atoms with E-state index in [0.29, 0.717) is 22.9 Å². The Morgan fingerprint density at radius 3 is 1.51 bits per heavy atom. The van der Waals surface area contributed by atoms with Crippen molar-refractivity contribution < 1.29 is 4.42 Å². The molecule has 59 heavy (non-hydrogen) atoms. The van der Waals surface area contributed by atoms with Crippen LogP contribution in [0.25, 0.3) is 112 Å². The number of nitrogens with zero attached hydrogens (tertiary/aromatic N) is 5. The van der Waals surface area contributed by atoms with Gasteiger partial charge in [-0.2, -0.15) is 0 Å².